The average molecular weight is 859 g/mol. The molecule has 0 heterocycles. The van der Waals surface area contributed by atoms with Crippen molar-refractivity contribution >= 4 is 86.2 Å². The second-order valence-corrected chi connectivity index (χ2v) is 18.4. The fourth-order valence-electron chi connectivity index (χ4n) is 11.3. The van der Waals surface area contributed by atoms with Crippen molar-refractivity contribution in [3.8, 4) is 55.6 Å². The minimum Gasteiger partial charge on any atom is -0.0622 e. The van der Waals surface area contributed by atoms with Gasteiger partial charge in [-0.3, -0.25) is 0 Å². The molecule has 68 heavy (non-hydrogen) atoms. The van der Waals surface area contributed by atoms with Gasteiger partial charge >= 0.3 is 0 Å². The van der Waals surface area contributed by atoms with Gasteiger partial charge in [-0.2, -0.15) is 0 Å². The summed E-state index contributed by atoms with van der Waals surface area (Å²) in [6, 6.07) is 95.0. The van der Waals surface area contributed by atoms with Crippen molar-refractivity contribution < 1.29 is 0 Å². The first kappa shape index (κ1) is 38.4. The van der Waals surface area contributed by atoms with Crippen LogP contribution in [-0.4, -0.2) is 0 Å². The Balaban J connectivity index is 1.05. The third-order valence-corrected chi connectivity index (χ3v) is 14.6. The van der Waals surface area contributed by atoms with Crippen LogP contribution in [0, 0.1) is 0 Å². The minimum atomic E-state index is 1.19. The van der Waals surface area contributed by atoms with Crippen molar-refractivity contribution in [2.75, 3.05) is 0 Å². The van der Waals surface area contributed by atoms with Gasteiger partial charge in [-0.1, -0.05) is 206 Å². The maximum atomic E-state index is 2.47. The Hall–Kier alpha value is -8.84. The molecule has 0 atom stereocenters. The highest BCUT2D eigenvalue weighted by atomic mass is 14.2. The van der Waals surface area contributed by atoms with Crippen LogP contribution in [0.15, 0.2) is 255 Å². The third-order valence-electron chi connectivity index (χ3n) is 14.6. The maximum Gasteiger partial charge on any atom is -0.00921 e. The van der Waals surface area contributed by atoms with Gasteiger partial charge in [-0.25, -0.2) is 0 Å². The zero-order valence-corrected chi connectivity index (χ0v) is 37.2. The number of fused-ring (bicyclic) bond motifs is 12. The van der Waals surface area contributed by atoms with E-state index < -0.39 is 0 Å². The molecule has 14 rings (SSSR count). The summed E-state index contributed by atoms with van der Waals surface area (Å²) in [7, 11) is 0. The molecule has 0 amide bonds. The molecule has 0 fully saturated rings. The number of benzene rings is 14. The summed E-state index contributed by atoms with van der Waals surface area (Å²) in [5.74, 6) is 0. The topological polar surface area (TPSA) is 0 Å². The predicted molar refractivity (Wildman–Crippen MR) is 294 cm³/mol. The van der Waals surface area contributed by atoms with E-state index in [0.717, 1.165) is 0 Å². The normalized spacial score (nSPS) is 11.8. The van der Waals surface area contributed by atoms with Crippen LogP contribution in [0.5, 0.6) is 0 Å². The van der Waals surface area contributed by atoms with Crippen molar-refractivity contribution in [2.45, 2.75) is 0 Å². The number of rotatable bonds is 5. The van der Waals surface area contributed by atoms with E-state index in [9.17, 15) is 0 Å². The van der Waals surface area contributed by atoms with Crippen LogP contribution in [0.4, 0.5) is 0 Å². The first-order chi connectivity index (χ1) is 33.7. The molecule has 0 radical (unpaired) electrons. The molecular weight excluding hydrogens is 817 g/mol. The van der Waals surface area contributed by atoms with Gasteiger partial charge in [0.2, 0.25) is 0 Å². The van der Waals surface area contributed by atoms with E-state index in [-0.39, 0.29) is 0 Å². The Morgan fingerprint density at radius 1 is 0.132 bits per heavy atom. The fourth-order valence-corrected chi connectivity index (χ4v) is 11.3. The molecule has 0 saturated heterocycles. The molecule has 0 unspecified atom stereocenters. The van der Waals surface area contributed by atoms with Crippen molar-refractivity contribution in [3.63, 3.8) is 0 Å². The second-order valence-electron chi connectivity index (χ2n) is 18.4. The van der Waals surface area contributed by atoms with Gasteiger partial charge in [-0.15, -0.1) is 0 Å². The standard InChI is InChI=1S/C68H42/c1-3-17-45(18-4-1)59-40-68-64-38-50(31-33-57(64)60(46-19-5-2-6-20-46)39-66(68)55-25-13-11-23-53(55)59)49-32-34-58-63(37-49)62(52-30-28-44-16-8-10-22-48(44)36-52)42-65-56-26-14-12-24-54(56)61(41-67(58)65)51-29-27-43-15-7-9-21-47(43)35-51/h1-42H. The van der Waals surface area contributed by atoms with Crippen LogP contribution in [0.1, 0.15) is 0 Å². The quantitative estimate of drug-likeness (QED) is 0.151. The second kappa shape index (κ2) is 15.4. The molecule has 0 heteroatoms. The molecule has 0 bridgehead atoms. The predicted octanol–water partition coefficient (Wildman–Crippen LogP) is 19.2. The highest BCUT2D eigenvalue weighted by molar-refractivity contribution is 6.26. The van der Waals surface area contributed by atoms with E-state index in [1.165, 1.54) is 142 Å². The lowest BCUT2D eigenvalue weighted by Gasteiger charge is -2.18. The van der Waals surface area contributed by atoms with Crippen LogP contribution in [0.25, 0.3) is 142 Å². The maximum absolute atomic E-state index is 2.47. The summed E-state index contributed by atoms with van der Waals surface area (Å²) in [4.78, 5) is 0. The third kappa shape index (κ3) is 6.15. The van der Waals surface area contributed by atoms with E-state index >= 15 is 0 Å². The molecule has 0 nitrogen and oxygen atoms in total. The zero-order valence-electron chi connectivity index (χ0n) is 37.2. The lowest BCUT2D eigenvalue weighted by atomic mass is 9.85. The highest BCUT2D eigenvalue weighted by Crippen LogP contribution is 2.46. The first-order valence-corrected chi connectivity index (χ1v) is 23.6. The van der Waals surface area contributed by atoms with E-state index in [1.54, 1.807) is 0 Å². The van der Waals surface area contributed by atoms with Crippen molar-refractivity contribution in [1.82, 2.24) is 0 Å². The fraction of sp³-hybridized carbons (Fsp3) is 0. The molecule has 14 aromatic rings. The molecule has 0 N–H and O–H groups in total. The number of hydrogen-bond donors (Lipinski definition) is 0. The monoisotopic (exact) mass is 858 g/mol. The molecule has 0 aromatic heterocycles. The van der Waals surface area contributed by atoms with Gasteiger partial charge in [0.1, 0.15) is 0 Å². The lowest BCUT2D eigenvalue weighted by Crippen LogP contribution is -1.91. The summed E-state index contributed by atoms with van der Waals surface area (Å²) in [5.41, 5.74) is 12.3. The Kier molecular flexibility index (Phi) is 8.69. The molecule has 0 aliphatic carbocycles. The van der Waals surface area contributed by atoms with Gasteiger partial charge in [-0.05, 0) is 190 Å². The van der Waals surface area contributed by atoms with Gasteiger partial charge < -0.3 is 0 Å². The molecule has 14 aromatic carbocycles. The Morgan fingerprint density at radius 2 is 0.441 bits per heavy atom. The first-order valence-electron chi connectivity index (χ1n) is 23.6. The van der Waals surface area contributed by atoms with E-state index in [4.69, 9.17) is 0 Å². The molecule has 314 valence electrons. The summed E-state index contributed by atoms with van der Waals surface area (Å²) < 4.78 is 0. The van der Waals surface area contributed by atoms with Crippen LogP contribution in [0.3, 0.4) is 0 Å². The average Bonchev–Trinajstić information content (AvgIpc) is 3.42. The highest BCUT2D eigenvalue weighted by Gasteiger charge is 2.19. The van der Waals surface area contributed by atoms with E-state index in [2.05, 4.69) is 255 Å². The van der Waals surface area contributed by atoms with Crippen molar-refractivity contribution in [3.05, 3.63) is 255 Å². The van der Waals surface area contributed by atoms with Crippen molar-refractivity contribution in [1.29, 1.82) is 0 Å². The Labute approximate surface area is 394 Å². The van der Waals surface area contributed by atoms with Gasteiger partial charge in [0.25, 0.3) is 0 Å². The molecule has 0 aliphatic heterocycles. The molecule has 0 saturated carbocycles. The van der Waals surface area contributed by atoms with Gasteiger partial charge in [0, 0.05) is 0 Å². The van der Waals surface area contributed by atoms with Crippen LogP contribution < -0.4 is 0 Å². The number of hydrogen-bond acceptors (Lipinski definition) is 0. The Morgan fingerprint density at radius 3 is 0.941 bits per heavy atom. The summed E-state index contributed by atoms with van der Waals surface area (Å²) in [5, 5.41) is 20.1. The summed E-state index contributed by atoms with van der Waals surface area (Å²) in [6.45, 7) is 0. The van der Waals surface area contributed by atoms with Gasteiger partial charge in [0.05, 0.1) is 0 Å². The summed E-state index contributed by atoms with van der Waals surface area (Å²) >= 11 is 0. The SMILES string of the molecule is c1ccc(-c2cc3c4cc(-c5ccc6c(c5)c(-c5ccc7ccccc7c5)cc5c7ccccc7c(-c7ccc8ccccc8c7)cc65)ccc4c(-c4ccccc4)cc3c3ccccc23)cc1. The molecule has 0 aliphatic rings. The van der Waals surface area contributed by atoms with E-state index in [0.29, 0.717) is 0 Å². The minimum absolute atomic E-state index is 1.19. The van der Waals surface area contributed by atoms with Gasteiger partial charge in [0.15, 0.2) is 0 Å². The van der Waals surface area contributed by atoms with Crippen LogP contribution >= 0.6 is 0 Å². The van der Waals surface area contributed by atoms with Crippen molar-refractivity contribution in [2.24, 2.45) is 0 Å². The van der Waals surface area contributed by atoms with Crippen LogP contribution in [0.2, 0.25) is 0 Å². The molecular formula is C68H42. The van der Waals surface area contributed by atoms with E-state index in [1.807, 2.05) is 0 Å². The Bertz CT molecular complexity index is 4350. The van der Waals surface area contributed by atoms with Crippen LogP contribution in [-0.2, 0) is 0 Å². The summed E-state index contributed by atoms with van der Waals surface area (Å²) in [6.07, 6.45) is 0. The lowest BCUT2D eigenvalue weighted by molar-refractivity contribution is 1.65. The molecule has 0 spiro atoms. The zero-order chi connectivity index (χ0) is 44.7. The largest absolute Gasteiger partial charge is 0.0622 e. The smallest absolute Gasteiger partial charge is 0.00921 e.